The molecular formula is C17H22N4OS. The molecule has 0 aromatic carbocycles. The Labute approximate surface area is 140 Å². The van der Waals surface area contributed by atoms with Crippen LogP contribution in [-0.2, 0) is 0 Å². The van der Waals surface area contributed by atoms with Crippen LogP contribution in [-0.4, -0.2) is 35.5 Å². The Morgan fingerprint density at radius 2 is 2.09 bits per heavy atom. The minimum absolute atomic E-state index is 0.0628. The summed E-state index contributed by atoms with van der Waals surface area (Å²) in [5.74, 6) is 0.917. The van der Waals surface area contributed by atoms with Crippen LogP contribution in [0, 0.1) is 6.92 Å². The van der Waals surface area contributed by atoms with Crippen molar-refractivity contribution in [2.45, 2.75) is 32.6 Å². The van der Waals surface area contributed by atoms with Crippen molar-refractivity contribution < 1.29 is 4.79 Å². The summed E-state index contributed by atoms with van der Waals surface area (Å²) < 4.78 is 0. The summed E-state index contributed by atoms with van der Waals surface area (Å²) in [5.41, 5.74) is 0.978. The predicted octanol–water partition coefficient (Wildman–Crippen LogP) is 3.30. The average molecular weight is 330 g/mol. The molecule has 1 aliphatic heterocycles. The molecule has 23 heavy (non-hydrogen) atoms. The van der Waals surface area contributed by atoms with Gasteiger partial charge >= 0.3 is 0 Å². The van der Waals surface area contributed by atoms with E-state index in [-0.39, 0.29) is 5.91 Å². The minimum atomic E-state index is -0.0628. The molecule has 0 bridgehead atoms. The molecule has 1 aliphatic rings. The molecule has 2 aromatic heterocycles. The number of hydrogen-bond donors (Lipinski definition) is 1. The number of nitrogens with zero attached hydrogens (tertiary/aromatic N) is 3. The monoisotopic (exact) mass is 330 g/mol. The summed E-state index contributed by atoms with van der Waals surface area (Å²) >= 11 is 1.44. The Hall–Kier alpha value is -1.95. The summed E-state index contributed by atoms with van der Waals surface area (Å²) in [4.78, 5) is 25.2. The van der Waals surface area contributed by atoms with Gasteiger partial charge < -0.3 is 10.2 Å². The maximum atomic E-state index is 12.3. The normalized spacial score (nSPS) is 15.4. The lowest BCUT2D eigenvalue weighted by Gasteiger charge is -2.22. The fourth-order valence-corrected chi connectivity index (χ4v) is 4.10. The number of carbonyl (C=O) groups excluding carboxylic acids is 1. The van der Waals surface area contributed by atoms with E-state index in [1.165, 1.54) is 37.0 Å². The fourth-order valence-electron chi connectivity index (χ4n) is 3.04. The summed E-state index contributed by atoms with van der Waals surface area (Å²) in [6, 6.07) is 0. The lowest BCUT2D eigenvalue weighted by molar-refractivity contribution is 0.0961. The molecule has 0 spiro atoms. The third-order valence-electron chi connectivity index (χ3n) is 4.23. The predicted molar refractivity (Wildman–Crippen MR) is 95.4 cm³/mol. The Kier molecular flexibility index (Phi) is 4.91. The zero-order valence-corrected chi connectivity index (χ0v) is 14.3. The van der Waals surface area contributed by atoms with Crippen molar-refractivity contribution in [1.82, 2.24) is 15.3 Å². The molecular weight excluding hydrogens is 308 g/mol. The second kappa shape index (κ2) is 7.08. The van der Waals surface area contributed by atoms with Crippen molar-refractivity contribution in [3.05, 3.63) is 29.4 Å². The first-order chi connectivity index (χ1) is 11.2. The second-order valence-electron chi connectivity index (χ2n) is 5.83. The highest BCUT2D eigenvalue weighted by Gasteiger charge is 2.22. The zero-order valence-electron chi connectivity index (χ0n) is 13.5. The molecule has 3 heterocycles. The standard InChI is InChI=1S/C17H22N4OS/c1-3-8-18-16(22)14-12(2)13-15(19-11-20-17(13)23-14)21-9-6-4-5-7-10-21/h3,11H,1,4-10H2,2H3,(H,18,22). The number of rotatable bonds is 4. The quantitative estimate of drug-likeness (QED) is 0.874. The van der Waals surface area contributed by atoms with Crippen molar-refractivity contribution >= 4 is 33.3 Å². The lowest BCUT2D eigenvalue weighted by atomic mass is 10.2. The minimum Gasteiger partial charge on any atom is -0.356 e. The molecule has 1 saturated heterocycles. The van der Waals surface area contributed by atoms with Gasteiger partial charge in [0.15, 0.2) is 0 Å². The highest BCUT2D eigenvalue weighted by atomic mass is 32.1. The summed E-state index contributed by atoms with van der Waals surface area (Å²) in [5, 5.41) is 3.88. The van der Waals surface area contributed by atoms with Crippen LogP contribution in [0.4, 0.5) is 5.82 Å². The van der Waals surface area contributed by atoms with Crippen molar-refractivity contribution in [2.24, 2.45) is 0 Å². The number of hydrogen-bond acceptors (Lipinski definition) is 5. The number of thiophene rings is 1. The van der Waals surface area contributed by atoms with E-state index < -0.39 is 0 Å². The van der Waals surface area contributed by atoms with Gasteiger partial charge in [0.05, 0.1) is 10.3 Å². The van der Waals surface area contributed by atoms with E-state index in [4.69, 9.17) is 0 Å². The van der Waals surface area contributed by atoms with Gasteiger partial charge in [0, 0.05) is 19.6 Å². The molecule has 0 atom stereocenters. The first kappa shape index (κ1) is 15.9. The topological polar surface area (TPSA) is 58.1 Å². The van der Waals surface area contributed by atoms with Gasteiger partial charge in [-0.1, -0.05) is 18.9 Å². The summed E-state index contributed by atoms with van der Waals surface area (Å²) in [6.45, 7) is 8.15. The van der Waals surface area contributed by atoms with Gasteiger partial charge in [0.1, 0.15) is 17.0 Å². The number of anilines is 1. The molecule has 122 valence electrons. The van der Waals surface area contributed by atoms with Gasteiger partial charge in [0.2, 0.25) is 0 Å². The van der Waals surface area contributed by atoms with Crippen molar-refractivity contribution in [3.8, 4) is 0 Å². The summed E-state index contributed by atoms with van der Waals surface area (Å²) in [6.07, 6.45) is 8.25. The van der Waals surface area contributed by atoms with Crippen LogP contribution >= 0.6 is 11.3 Å². The molecule has 0 aliphatic carbocycles. The van der Waals surface area contributed by atoms with Crippen LogP contribution < -0.4 is 10.2 Å². The van der Waals surface area contributed by atoms with Crippen LogP contribution in [0.2, 0.25) is 0 Å². The maximum absolute atomic E-state index is 12.3. The van der Waals surface area contributed by atoms with Crippen LogP contribution in [0.1, 0.15) is 40.9 Å². The maximum Gasteiger partial charge on any atom is 0.261 e. The average Bonchev–Trinajstić information content (AvgIpc) is 2.76. The zero-order chi connectivity index (χ0) is 16.2. The van der Waals surface area contributed by atoms with Gasteiger partial charge in [-0.25, -0.2) is 9.97 Å². The number of fused-ring (bicyclic) bond motifs is 1. The third kappa shape index (κ3) is 3.22. The molecule has 0 unspecified atom stereocenters. The van der Waals surface area contributed by atoms with Gasteiger partial charge in [-0.05, 0) is 25.3 Å². The fraction of sp³-hybridized carbons (Fsp3) is 0.471. The Morgan fingerprint density at radius 3 is 2.78 bits per heavy atom. The molecule has 0 saturated carbocycles. The molecule has 3 rings (SSSR count). The first-order valence-corrected chi connectivity index (χ1v) is 8.92. The van der Waals surface area contributed by atoms with E-state index >= 15 is 0 Å². The first-order valence-electron chi connectivity index (χ1n) is 8.10. The largest absolute Gasteiger partial charge is 0.356 e. The van der Waals surface area contributed by atoms with Crippen LogP contribution in [0.15, 0.2) is 19.0 Å². The number of nitrogens with one attached hydrogen (secondary N) is 1. The van der Waals surface area contributed by atoms with Gasteiger partial charge in [-0.3, -0.25) is 4.79 Å². The molecule has 2 aromatic rings. The lowest BCUT2D eigenvalue weighted by Crippen LogP contribution is -2.25. The smallest absolute Gasteiger partial charge is 0.261 e. The van der Waals surface area contributed by atoms with E-state index in [0.717, 1.165) is 39.6 Å². The third-order valence-corrected chi connectivity index (χ3v) is 5.42. The van der Waals surface area contributed by atoms with E-state index in [0.29, 0.717) is 6.54 Å². The molecule has 0 radical (unpaired) electrons. The van der Waals surface area contributed by atoms with Crippen molar-refractivity contribution in [3.63, 3.8) is 0 Å². The highest BCUT2D eigenvalue weighted by molar-refractivity contribution is 7.20. The number of amides is 1. The van der Waals surface area contributed by atoms with Gasteiger partial charge in [0.25, 0.3) is 5.91 Å². The van der Waals surface area contributed by atoms with Crippen molar-refractivity contribution in [2.75, 3.05) is 24.5 Å². The number of carbonyl (C=O) groups is 1. The number of aromatic nitrogens is 2. The van der Waals surface area contributed by atoms with Gasteiger partial charge in [-0.15, -0.1) is 17.9 Å². The molecule has 1 N–H and O–H groups in total. The van der Waals surface area contributed by atoms with E-state index in [1.807, 2.05) is 6.92 Å². The molecule has 5 nitrogen and oxygen atoms in total. The van der Waals surface area contributed by atoms with Crippen LogP contribution in [0.5, 0.6) is 0 Å². The van der Waals surface area contributed by atoms with Crippen LogP contribution in [0.3, 0.4) is 0 Å². The number of aryl methyl sites for hydroxylation is 1. The second-order valence-corrected chi connectivity index (χ2v) is 6.83. The Balaban J connectivity index is 2.01. The van der Waals surface area contributed by atoms with E-state index in [1.54, 1.807) is 12.4 Å². The SMILES string of the molecule is C=CCNC(=O)c1sc2ncnc(N3CCCCCC3)c2c1C. The van der Waals surface area contributed by atoms with E-state index in [9.17, 15) is 4.79 Å². The Bertz CT molecular complexity index is 717. The van der Waals surface area contributed by atoms with E-state index in [2.05, 4.69) is 26.8 Å². The Morgan fingerprint density at radius 1 is 1.35 bits per heavy atom. The van der Waals surface area contributed by atoms with Crippen LogP contribution in [0.25, 0.3) is 10.2 Å². The molecule has 1 fully saturated rings. The summed E-state index contributed by atoms with van der Waals surface area (Å²) in [7, 11) is 0. The molecule has 1 amide bonds. The van der Waals surface area contributed by atoms with Gasteiger partial charge in [-0.2, -0.15) is 0 Å². The van der Waals surface area contributed by atoms with Crippen molar-refractivity contribution in [1.29, 1.82) is 0 Å². The molecule has 6 heteroatoms. The highest BCUT2D eigenvalue weighted by Crippen LogP contribution is 2.35.